The average Bonchev–Trinajstić information content (AvgIpc) is 2.87. The fourth-order valence-electron chi connectivity index (χ4n) is 1.71. The summed E-state index contributed by atoms with van der Waals surface area (Å²) in [6.45, 7) is 3.21. The summed E-state index contributed by atoms with van der Waals surface area (Å²) in [5.41, 5.74) is 1.19. The first-order valence-corrected chi connectivity index (χ1v) is 6.79. The molecule has 0 radical (unpaired) electrons. The maximum atomic E-state index is 5.34. The summed E-state index contributed by atoms with van der Waals surface area (Å²) in [4.78, 5) is 0. The van der Waals surface area contributed by atoms with E-state index in [1.54, 1.807) is 11.3 Å². The van der Waals surface area contributed by atoms with Crippen LogP contribution in [0, 0.1) is 0 Å². The lowest BCUT2D eigenvalue weighted by Crippen LogP contribution is -2.17. The van der Waals surface area contributed by atoms with Crippen LogP contribution in [0.4, 0.5) is 0 Å². The van der Waals surface area contributed by atoms with Crippen LogP contribution in [0.25, 0.3) is 0 Å². The number of rotatable bonds is 6. The SMILES string of the molecule is CCOCc1nnc(C(NC)c2ccccc2)s1. The predicted molar refractivity (Wildman–Crippen MR) is 72.6 cm³/mol. The first-order valence-electron chi connectivity index (χ1n) is 5.97. The minimum Gasteiger partial charge on any atom is -0.374 e. The number of hydrogen-bond acceptors (Lipinski definition) is 5. The smallest absolute Gasteiger partial charge is 0.143 e. The van der Waals surface area contributed by atoms with E-state index in [4.69, 9.17) is 4.74 Å². The van der Waals surface area contributed by atoms with E-state index in [2.05, 4.69) is 27.6 Å². The van der Waals surface area contributed by atoms with Gasteiger partial charge in [-0.1, -0.05) is 41.7 Å². The molecule has 0 aliphatic carbocycles. The van der Waals surface area contributed by atoms with Crippen molar-refractivity contribution in [3.8, 4) is 0 Å². The summed E-state index contributed by atoms with van der Waals surface area (Å²) in [5.74, 6) is 0. The Morgan fingerprint density at radius 3 is 2.72 bits per heavy atom. The van der Waals surface area contributed by atoms with Gasteiger partial charge < -0.3 is 10.1 Å². The van der Waals surface area contributed by atoms with E-state index >= 15 is 0 Å². The van der Waals surface area contributed by atoms with Crippen molar-refractivity contribution in [1.82, 2.24) is 15.5 Å². The van der Waals surface area contributed by atoms with Crippen LogP contribution in [-0.4, -0.2) is 23.9 Å². The Balaban J connectivity index is 2.15. The Morgan fingerprint density at radius 2 is 2.06 bits per heavy atom. The van der Waals surface area contributed by atoms with Gasteiger partial charge in [0.25, 0.3) is 0 Å². The van der Waals surface area contributed by atoms with E-state index in [1.165, 1.54) is 5.56 Å². The minimum atomic E-state index is 0.0964. The second kappa shape index (κ2) is 6.58. The molecule has 5 heteroatoms. The molecule has 0 aliphatic heterocycles. The molecule has 1 atom stereocenters. The van der Waals surface area contributed by atoms with E-state index in [9.17, 15) is 0 Å². The molecule has 0 bridgehead atoms. The van der Waals surface area contributed by atoms with Gasteiger partial charge in [-0.15, -0.1) is 10.2 Å². The molecule has 2 aromatic rings. The molecule has 0 saturated heterocycles. The molecular weight excluding hydrogens is 246 g/mol. The Kier molecular flexibility index (Phi) is 4.81. The van der Waals surface area contributed by atoms with Crippen LogP contribution in [0.2, 0.25) is 0 Å². The molecule has 4 nitrogen and oxygen atoms in total. The van der Waals surface area contributed by atoms with Gasteiger partial charge in [0, 0.05) is 6.61 Å². The molecule has 0 aliphatic rings. The molecular formula is C13H17N3OS. The lowest BCUT2D eigenvalue weighted by Gasteiger charge is -2.12. The second-order valence-electron chi connectivity index (χ2n) is 3.80. The first-order chi connectivity index (χ1) is 8.85. The van der Waals surface area contributed by atoms with Gasteiger partial charge in [0.05, 0.1) is 6.04 Å². The van der Waals surface area contributed by atoms with Gasteiger partial charge in [-0.2, -0.15) is 0 Å². The zero-order valence-electron chi connectivity index (χ0n) is 10.6. The van der Waals surface area contributed by atoms with Crippen LogP contribution >= 0.6 is 11.3 Å². The maximum absolute atomic E-state index is 5.34. The number of aromatic nitrogens is 2. The minimum absolute atomic E-state index is 0.0964. The fraction of sp³-hybridized carbons (Fsp3) is 0.385. The number of benzene rings is 1. The van der Waals surface area contributed by atoms with E-state index in [1.807, 2.05) is 32.2 Å². The summed E-state index contributed by atoms with van der Waals surface area (Å²) < 4.78 is 5.34. The van der Waals surface area contributed by atoms with Crippen molar-refractivity contribution in [2.24, 2.45) is 0 Å². The fourth-order valence-corrected chi connectivity index (χ4v) is 2.63. The van der Waals surface area contributed by atoms with Crippen LogP contribution in [0.1, 0.15) is 28.5 Å². The largest absolute Gasteiger partial charge is 0.374 e. The zero-order valence-corrected chi connectivity index (χ0v) is 11.4. The van der Waals surface area contributed by atoms with Gasteiger partial charge in [0.1, 0.15) is 16.6 Å². The van der Waals surface area contributed by atoms with Crippen molar-refractivity contribution in [1.29, 1.82) is 0 Å². The highest BCUT2D eigenvalue weighted by molar-refractivity contribution is 7.11. The highest BCUT2D eigenvalue weighted by Gasteiger charge is 2.16. The van der Waals surface area contributed by atoms with E-state index < -0.39 is 0 Å². The quantitative estimate of drug-likeness (QED) is 0.869. The number of hydrogen-bond donors (Lipinski definition) is 1. The summed E-state index contributed by atoms with van der Waals surface area (Å²) in [7, 11) is 1.93. The lowest BCUT2D eigenvalue weighted by molar-refractivity contribution is 0.133. The third-order valence-corrected chi connectivity index (χ3v) is 3.54. The molecule has 2 rings (SSSR count). The molecule has 18 heavy (non-hydrogen) atoms. The maximum Gasteiger partial charge on any atom is 0.143 e. The molecule has 0 saturated carbocycles. The third-order valence-electron chi connectivity index (χ3n) is 2.58. The lowest BCUT2D eigenvalue weighted by atomic mass is 10.1. The first kappa shape index (κ1) is 13.1. The topological polar surface area (TPSA) is 47.0 Å². The highest BCUT2D eigenvalue weighted by Crippen LogP contribution is 2.24. The molecule has 0 spiro atoms. The van der Waals surface area contributed by atoms with E-state index in [-0.39, 0.29) is 6.04 Å². The van der Waals surface area contributed by atoms with Crippen LogP contribution in [0.5, 0.6) is 0 Å². The Morgan fingerprint density at radius 1 is 1.28 bits per heavy atom. The highest BCUT2D eigenvalue weighted by atomic mass is 32.1. The zero-order chi connectivity index (χ0) is 12.8. The normalized spacial score (nSPS) is 12.6. The van der Waals surface area contributed by atoms with E-state index in [0.29, 0.717) is 13.2 Å². The van der Waals surface area contributed by atoms with Gasteiger partial charge in [-0.05, 0) is 19.5 Å². The van der Waals surface area contributed by atoms with Gasteiger partial charge in [-0.3, -0.25) is 0 Å². The van der Waals surface area contributed by atoms with Crippen molar-refractivity contribution in [3.05, 3.63) is 45.9 Å². The monoisotopic (exact) mass is 263 g/mol. The van der Waals surface area contributed by atoms with Gasteiger partial charge in [0.2, 0.25) is 0 Å². The van der Waals surface area contributed by atoms with Crippen molar-refractivity contribution in [2.75, 3.05) is 13.7 Å². The number of ether oxygens (including phenoxy) is 1. The van der Waals surface area contributed by atoms with Crippen molar-refractivity contribution >= 4 is 11.3 Å². The van der Waals surface area contributed by atoms with Crippen molar-refractivity contribution in [2.45, 2.75) is 19.6 Å². The molecule has 1 heterocycles. The van der Waals surface area contributed by atoms with Crippen LogP contribution in [-0.2, 0) is 11.3 Å². The number of nitrogens with one attached hydrogen (secondary N) is 1. The van der Waals surface area contributed by atoms with Gasteiger partial charge >= 0.3 is 0 Å². The summed E-state index contributed by atoms with van der Waals surface area (Å²) in [6.07, 6.45) is 0. The summed E-state index contributed by atoms with van der Waals surface area (Å²) >= 11 is 1.59. The van der Waals surface area contributed by atoms with Gasteiger partial charge in [-0.25, -0.2) is 0 Å². The van der Waals surface area contributed by atoms with Crippen molar-refractivity contribution < 1.29 is 4.74 Å². The van der Waals surface area contributed by atoms with Crippen LogP contribution < -0.4 is 5.32 Å². The number of nitrogens with zero attached hydrogens (tertiary/aromatic N) is 2. The van der Waals surface area contributed by atoms with Crippen LogP contribution in [0.15, 0.2) is 30.3 Å². The van der Waals surface area contributed by atoms with Gasteiger partial charge in [0.15, 0.2) is 0 Å². The summed E-state index contributed by atoms with van der Waals surface area (Å²) in [5, 5.41) is 13.6. The molecule has 1 N–H and O–H groups in total. The Hall–Kier alpha value is -1.30. The molecule has 0 fully saturated rings. The molecule has 1 aromatic heterocycles. The Labute approximate surface area is 111 Å². The molecule has 1 aromatic carbocycles. The predicted octanol–water partition coefficient (Wildman–Crippen LogP) is 2.38. The van der Waals surface area contributed by atoms with Crippen molar-refractivity contribution in [3.63, 3.8) is 0 Å². The molecule has 1 unspecified atom stereocenters. The molecule has 96 valence electrons. The summed E-state index contributed by atoms with van der Waals surface area (Å²) in [6, 6.07) is 10.3. The Bertz CT molecular complexity index is 472. The molecule has 0 amide bonds. The van der Waals surface area contributed by atoms with Crippen LogP contribution in [0.3, 0.4) is 0 Å². The van der Waals surface area contributed by atoms with E-state index in [0.717, 1.165) is 10.0 Å². The standard InChI is InChI=1S/C13H17N3OS/c1-3-17-9-11-15-16-13(18-11)12(14-2)10-7-5-4-6-8-10/h4-8,12,14H,3,9H2,1-2H3. The average molecular weight is 263 g/mol. The second-order valence-corrected chi connectivity index (χ2v) is 4.90. The third kappa shape index (κ3) is 3.13.